The predicted molar refractivity (Wildman–Crippen MR) is 76.7 cm³/mol. The van der Waals surface area contributed by atoms with Gasteiger partial charge in [-0.3, -0.25) is 4.98 Å². The van der Waals surface area contributed by atoms with Crippen molar-refractivity contribution >= 4 is 21.6 Å². The molecule has 1 unspecified atom stereocenters. The molecule has 0 bridgehead atoms. The van der Waals surface area contributed by atoms with Crippen LogP contribution in [0, 0.1) is 18.6 Å². The second kappa shape index (κ2) is 4.92. The summed E-state index contributed by atoms with van der Waals surface area (Å²) < 4.78 is 28.9. The Labute approximate surface area is 118 Å². The molecule has 20 heavy (non-hydrogen) atoms. The summed E-state index contributed by atoms with van der Waals surface area (Å²) in [6, 6.07) is 5.50. The molecule has 0 aliphatic heterocycles. The summed E-state index contributed by atoms with van der Waals surface area (Å²) in [5.74, 6) is -1.23. The zero-order valence-electron chi connectivity index (χ0n) is 10.7. The van der Waals surface area contributed by atoms with Gasteiger partial charge in [-0.2, -0.15) is 0 Å². The fraction of sp³-hybridized carbons (Fsp3) is 0.133. The largest absolute Gasteiger partial charge is 0.320 e. The summed E-state index contributed by atoms with van der Waals surface area (Å²) in [5.41, 5.74) is 7.76. The molecule has 2 nitrogen and oxygen atoms in total. The molecular weight excluding hydrogens is 278 g/mol. The highest BCUT2D eigenvalue weighted by Crippen LogP contribution is 2.29. The molecule has 0 saturated heterocycles. The van der Waals surface area contributed by atoms with E-state index in [9.17, 15) is 8.78 Å². The quantitative estimate of drug-likeness (QED) is 0.776. The van der Waals surface area contributed by atoms with Crippen molar-refractivity contribution in [1.29, 1.82) is 0 Å². The molecule has 0 aliphatic carbocycles. The van der Waals surface area contributed by atoms with Gasteiger partial charge in [0.15, 0.2) is 0 Å². The first-order valence-electron chi connectivity index (χ1n) is 6.11. The third-order valence-electron chi connectivity index (χ3n) is 3.31. The molecule has 5 heteroatoms. The van der Waals surface area contributed by atoms with E-state index < -0.39 is 17.7 Å². The SMILES string of the molecule is Cc1ccc(F)c(C(N)c2cnc3ccsc3c2)c1F. The van der Waals surface area contributed by atoms with Gasteiger partial charge in [-0.05, 0) is 41.6 Å². The van der Waals surface area contributed by atoms with Crippen molar-refractivity contribution in [3.8, 4) is 0 Å². The fourth-order valence-corrected chi connectivity index (χ4v) is 2.95. The van der Waals surface area contributed by atoms with Crippen molar-refractivity contribution < 1.29 is 8.78 Å². The van der Waals surface area contributed by atoms with Crippen LogP contribution in [0.15, 0.2) is 35.8 Å². The first-order chi connectivity index (χ1) is 9.58. The smallest absolute Gasteiger partial charge is 0.134 e. The Morgan fingerprint density at radius 2 is 2.05 bits per heavy atom. The Morgan fingerprint density at radius 1 is 1.25 bits per heavy atom. The molecule has 2 aromatic heterocycles. The standard InChI is InChI=1S/C15H12F2N2S/c1-8-2-3-10(16)13(14(8)17)15(18)9-6-12-11(19-7-9)4-5-20-12/h2-7,15H,18H2,1H3. The van der Waals surface area contributed by atoms with Gasteiger partial charge in [0.25, 0.3) is 0 Å². The minimum absolute atomic E-state index is 0.109. The molecule has 3 aromatic rings. The lowest BCUT2D eigenvalue weighted by Crippen LogP contribution is -2.16. The normalized spacial score (nSPS) is 12.8. The molecule has 0 saturated carbocycles. The number of nitrogens with two attached hydrogens (primary N) is 1. The first kappa shape index (κ1) is 13.1. The highest BCUT2D eigenvalue weighted by molar-refractivity contribution is 7.17. The van der Waals surface area contributed by atoms with Gasteiger partial charge < -0.3 is 5.73 Å². The van der Waals surface area contributed by atoms with E-state index >= 15 is 0 Å². The third-order valence-corrected chi connectivity index (χ3v) is 4.17. The van der Waals surface area contributed by atoms with E-state index in [1.165, 1.54) is 23.5 Å². The minimum atomic E-state index is -0.867. The monoisotopic (exact) mass is 290 g/mol. The number of hydrogen-bond acceptors (Lipinski definition) is 3. The lowest BCUT2D eigenvalue weighted by molar-refractivity contribution is 0.538. The van der Waals surface area contributed by atoms with Gasteiger partial charge >= 0.3 is 0 Å². The molecule has 102 valence electrons. The Hall–Kier alpha value is -1.85. The summed E-state index contributed by atoms with van der Waals surface area (Å²) in [6.45, 7) is 1.59. The molecule has 2 heterocycles. The molecule has 2 N–H and O–H groups in total. The third kappa shape index (κ3) is 2.09. The lowest BCUT2D eigenvalue weighted by atomic mass is 9.98. The van der Waals surface area contributed by atoms with E-state index in [0.29, 0.717) is 11.1 Å². The summed E-state index contributed by atoms with van der Waals surface area (Å²) in [4.78, 5) is 4.26. The number of hydrogen-bond donors (Lipinski definition) is 1. The molecule has 0 radical (unpaired) electrons. The number of rotatable bonds is 2. The van der Waals surface area contributed by atoms with Crippen molar-refractivity contribution in [2.75, 3.05) is 0 Å². The highest BCUT2D eigenvalue weighted by Gasteiger charge is 2.20. The Balaban J connectivity index is 2.12. The van der Waals surface area contributed by atoms with Crippen LogP contribution in [0.2, 0.25) is 0 Å². The zero-order valence-corrected chi connectivity index (χ0v) is 11.5. The van der Waals surface area contributed by atoms with Gasteiger partial charge in [-0.1, -0.05) is 6.07 Å². The second-order valence-corrected chi connectivity index (χ2v) is 5.59. The molecule has 0 spiro atoms. The van der Waals surface area contributed by atoms with Crippen LogP contribution in [0.5, 0.6) is 0 Å². The zero-order chi connectivity index (χ0) is 14.3. The van der Waals surface area contributed by atoms with Gasteiger partial charge in [0.1, 0.15) is 11.6 Å². The molecule has 1 atom stereocenters. The van der Waals surface area contributed by atoms with Crippen LogP contribution in [0.1, 0.15) is 22.7 Å². The maximum Gasteiger partial charge on any atom is 0.134 e. The minimum Gasteiger partial charge on any atom is -0.320 e. The lowest BCUT2D eigenvalue weighted by Gasteiger charge is -2.15. The van der Waals surface area contributed by atoms with E-state index in [0.717, 1.165) is 10.2 Å². The second-order valence-electron chi connectivity index (χ2n) is 4.64. The fourth-order valence-electron chi connectivity index (χ4n) is 2.16. The summed E-state index contributed by atoms with van der Waals surface area (Å²) >= 11 is 1.52. The van der Waals surface area contributed by atoms with E-state index in [-0.39, 0.29) is 5.56 Å². The van der Waals surface area contributed by atoms with Crippen LogP contribution in [-0.2, 0) is 0 Å². The maximum absolute atomic E-state index is 14.1. The molecule has 3 rings (SSSR count). The van der Waals surface area contributed by atoms with Crippen molar-refractivity contribution in [2.45, 2.75) is 13.0 Å². The molecular formula is C15H12F2N2S. The number of aryl methyl sites for hydroxylation is 1. The Kier molecular flexibility index (Phi) is 3.23. The number of aromatic nitrogens is 1. The van der Waals surface area contributed by atoms with E-state index in [1.54, 1.807) is 13.1 Å². The van der Waals surface area contributed by atoms with E-state index in [2.05, 4.69) is 4.98 Å². The average molecular weight is 290 g/mol. The number of thiophene rings is 1. The van der Waals surface area contributed by atoms with Crippen LogP contribution in [0.4, 0.5) is 8.78 Å². The van der Waals surface area contributed by atoms with Crippen molar-refractivity contribution in [2.24, 2.45) is 5.73 Å². The van der Waals surface area contributed by atoms with Crippen LogP contribution in [-0.4, -0.2) is 4.98 Å². The Bertz CT molecular complexity index is 783. The van der Waals surface area contributed by atoms with Gasteiger partial charge in [-0.25, -0.2) is 8.78 Å². The number of fused-ring (bicyclic) bond motifs is 1. The van der Waals surface area contributed by atoms with Crippen LogP contribution in [0.25, 0.3) is 10.2 Å². The molecule has 0 aliphatic rings. The summed E-state index contributed by atoms with van der Waals surface area (Å²) in [5, 5.41) is 1.92. The van der Waals surface area contributed by atoms with Crippen LogP contribution >= 0.6 is 11.3 Å². The topological polar surface area (TPSA) is 38.9 Å². The van der Waals surface area contributed by atoms with E-state index in [4.69, 9.17) is 5.73 Å². The van der Waals surface area contributed by atoms with Gasteiger partial charge in [0.05, 0.1) is 16.3 Å². The molecule has 1 aromatic carbocycles. The van der Waals surface area contributed by atoms with Crippen molar-refractivity contribution in [3.63, 3.8) is 0 Å². The van der Waals surface area contributed by atoms with E-state index in [1.807, 2.05) is 17.5 Å². The maximum atomic E-state index is 14.1. The predicted octanol–water partition coefficient (Wildman–Crippen LogP) is 3.93. The first-order valence-corrected chi connectivity index (χ1v) is 6.99. The summed E-state index contributed by atoms with van der Waals surface area (Å²) in [7, 11) is 0. The van der Waals surface area contributed by atoms with Crippen LogP contribution < -0.4 is 5.73 Å². The van der Waals surface area contributed by atoms with Crippen LogP contribution in [0.3, 0.4) is 0 Å². The highest BCUT2D eigenvalue weighted by atomic mass is 32.1. The number of pyridine rings is 1. The van der Waals surface area contributed by atoms with Crippen molar-refractivity contribution in [3.05, 3.63) is 64.2 Å². The molecule has 0 amide bonds. The van der Waals surface area contributed by atoms with Gasteiger partial charge in [0.2, 0.25) is 0 Å². The average Bonchev–Trinajstić information content (AvgIpc) is 2.90. The van der Waals surface area contributed by atoms with Crippen molar-refractivity contribution in [1.82, 2.24) is 4.98 Å². The number of nitrogens with zero attached hydrogens (tertiary/aromatic N) is 1. The number of halogens is 2. The summed E-state index contributed by atoms with van der Waals surface area (Å²) in [6.07, 6.45) is 1.57. The molecule has 0 fully saturated rings. The van der Waals surface area contributed by atoms with Gasteiger partial charge in [-0.15, -0.1) is 11.3 Å². The number of benzene rings is 1. The Morgan fingerprint density at radius 3 is 2.85 bits per heavy atom. The van der Waals surface area contributed by atoms with Gasteiger partial charge in [0, 0.05) is 11.8 Å².